The molecule has 0 amide bonds. The Hall–Kier alpha value is 0.790. The summed E-state index contributed by atoms with van der Waals surface area (Å²) in [6.45, 7) is 5.70. The van der Waals surface area contributed by atoms with Gasteiger partial charge in [0.1, 0.15) is 0 Å². The number of rotatable bonds is 3. The molecule has 0 bridgehead atoms. The molecule has 0 spiro atoms. The van der Waals surface area contributed by atoms with Gasteiger partial charge in [0.05, 0.1) is 0 Å². The fourth-order valence-corrected chi connectivity index (χ4v) is 2.19. The van der Waals surface area contributed by atoms with Crippen LogP contribution in [0.2, 0.25) is 0 Å². The predicted octanol–water partition coefficient (Wildman–Crippen LogP) is 2.79. The van der Waals surface area contributed by atoms with E-state index in [0.29, 0.717) is 5.25 Å². The molecular formula is C4H8S3. The normalized spacial score (nSPS) is 13.4. The van der Waals surface area contributed by atoms with Gasteiger partial charge in [-0.05, 0) is 16.7 Å². The van der Waals surface area contributed by atoms with Crippen molar-refractivity contribution in [1.82, 2.24) is 0 Å². The van der Waals surface area contributed by atoms with Gasteiger partial charge >= 0.3 is 0 Å². The van der Waals surface area contributed by atoms with Crippen LogP contribution in [0.3, 0.4) is 0 Å². The van der Waals surface area contributed by atoms with Crippen molar-refractivity contribution in [2.75, 3.05) is 0 Å². The smallest absolute Gasteiger partial charge is 0.0308 e. The van der Waals surface area contributed by atoms with Crippen molar-refractivity contribution in [3.8, 4) is 0 Å². The molecule has 0 nitrogen and oxygen atoms in total. The summed E-state index contributed by atoms with van der Waals surface area (Å²) in [5.41, 5.74) is 0. The lowest BCUT2D eigenvalue weighted by Crippen LogP contribution is -1.81. The standard InChI is InChI=1S/C4H8S3/c1-3-4(2)6-7-5/h3-5H,1H2,2H3. The Morgan fingerprint density at radius 3 is 2.57 bits per heavy atom. The van der Waals surface area contributed by atoms with E-state index >= 15 is 0 Å². The molecule has 0 N–H and O–H groups in total. The minimum absolute atomic E-state index is 0.516. The van der Waals surface area contributed by atoms with E-state index in [1.54, 1.807) is 10.8 Å². The minimum Gasteiger partial charge on any atom is -0.102 e. The van der Waals surface area contributed by atoms with Gasteiger partial charge in [-0.25, -0.2) is 0 Å². The first-order valence-corrected chi connectivity index (χ1v) is 5.17. The quantitative estimate of drug-likeness (QED) is 0.375. The first-order chi connectivity index (χ1) is 3.31. The van der Waals surface area contributed by atoms with E-state index in [2.05, 4.69) is 25.2 Å². The molecule has 0 aliphatic rings. The number of thiol groups is 1. The van der Waals surface area contributed by atoms with Crippen LogP contribution in [-0.4, -0.2) is 5.25 Å². The van der Waals surface area contributed by atoms with E-state index in [9.17, 15) is 0 Å². The molecular weight excluding hydrogens is 144 g/mol. The zero-order chi connectivity index (χ0) is 5.70. The first-order valence-electron chi connectivity index (χ1n) is 1.90. The molecule has 0 aliphatic heterocycles. The zero-order valence-corrected chi connectivity index (χ0v) is 6.65. The summed E-state index contributed by atoms with van der Waals surface area (Å²) in [7, 11) is 3.17. The average Bonchev–Trinajstić information content (AvgIpc) is 1.68. The van der Waals surface area contributed by atoms with E-state index in [4.69, 9.17) is 0 Å². The van der Waals surface area contributed by atoms with Crippen molar-refractivity contribution in [2.45, 2.75) is 12.2 Å². The Labute approximate surface area is 57.3 Å². The maximum atomic E-state index is 3.95. The highest BCUT2D eigenvalue weighted by molar-refractivity contribution is 9.05. The van der Waals surface area contributed by atoms with Crippen molar-refractivity contribution in [2.24, 2.45) is 0 Å². The van der Waals surface area contributed by atoms with Crippen LogP contribution in [0.15, 0.2) is 12.7 Å². The monoisotopic (exact) mass is 152 g/mol. The van der Waals surface area contributed by atoms with Crippen LogP contribution in [0.5, 0.6) is 0 Å². The maximum Gasteiger partial charge on any atom is 0.0308 e. The van der Waals surface area contributed by atoms with Gasteiger partial charge in [0, 0.05) is 5.25 Å². The summed E-state index contributed by atoms with van der Waals surface area (Å²) < 4.78 is 0. The van der Waals surface area contributed by atoms with E-state index in [0.717, 1.165) is 0 Å². The Bertz CT molecular complexity index is 52.9. The highest BCUT2D eigenvalue weighted by Crippen LogP contribution is 2.29. The number of hydrogen-bond acceptors (Lipinski definition) is 3. The lowest BCUT2D eigenvalue weighted by molar-refractivity contribution is 1.27. The molecule has 0 heterocycles. The summed E-state index contributed by atoms with van der Waals surface area (Å²) >= 11 is 3.95. The summed E-state index contributed by atoms with van der Waals surface area (Å²) in [6.07, 6.45) is 1.90. The molecule has 0 radical (unpaired) electrons. The van der Waals surface area contributed by atoms with Gasteiger partial charge in [-0.3, -0.25) is 0 Å². The van der Waals surface area contributed by atoms with Gasteiger partial charge < -0.3 is 0 Å². The van der Waals surface area contributed by atoms with Gasteiger partial charge in [0.2, 0.25) is 0 Å². The lowest BCUT2D eigenvalue weighted by atomic mass is 10.5. The molecule has 3 heteroatoms. The second kappa shape index (κ2) is 4.94. The largest absolute Gasteiger partial charge is 0.102 e. The minimum atomic E-state index is 0.516. The van der Waals surface area contributed by atoms with Crippen LogP contribution in [0.1, 0.15) is 6.92 Å². The molecule has 42 valence electrons. The molecule has 1 atom stereocenters. The van der Waals surface area contributed by atoms with Crippen LogP contribution in [0.4, 0.5) is 0 Å². The Morgan fingerprint density at radius 2 is 2.43 bits per heavy atom. The first kappa shape index (κ1) is 7.79. The molecule has 0 saturated carbocycles. The fourth-order valence-electron chi connectivity index (χ4n) is 0.107. The predicted molar refractivity (Wildman–Crippen MR) is 43.8 cm³/mol. The van der Waals surface area contributed by atoms with Gasteiger partial charge in [-0.2, -0.15) is 0 Å². The second-order valence-corrected chi connectivity index (χ2v) is 4.56. The summed E-state index contributed by atoms with van der Waals surface area (Å²) in [4.78, 5) is 0. The molecule has 0 aliphatic carbocycles. The molecule has 0 saturated heterocycles. The third-order valence-electron chi connectivity index (χ3n) is 0.527. The maximum absolute atomic E-state index is 3.95. The molecule has 1 unspecified atom stereocenters. The Balaban J connectivity index is 2.98. The summed E-state index contributed by atoms with van der Waals surface area (Å²) in [6, 6.07) is 0. The van der Waals surface area contributed by atoms with Crippen LogP contribution in [0, 0.1) is 0 Å². The molecule has 0 aromatic carbocycles. The van der Waals surface area contributed by atoms with E-state index in [-0.39, 0.29) is 0 Å². The molecule has 0 aromatic rings. The summed E-state index contributed by atoms with van der Waals surface area (Å²) in [5, 5.41) is 0.516. The van der Waals surface area contributed by atoms with Crippen molar-refractivity contribution in [3.05, 3.63) is 12.7 Å². The third-order valence-corrected chi connectivity index (χ3v) is 3.05. The average molecular weight is 152 g/mol. The van der Waals surface area contributed by atoms with Gasteiger partial charge in [0.25, 0.3) is 0 Å². The summed E-state index contributed by atoms with van der Waals surface area (Å²) in [5.74, 6) is 0. The Morgan fingerprint density at radius 1 is 1.86 bits per heavy atom. The highest BCUT2D eigenvalue weighted by Gasteiger charge is 1.91. The highest BCUT2D eigenvalue weighted by atomic mass is 33.5. The van der Waals surface area contributed by atoms with Crippen LogP contribution < -0.4 is 0 Å². The van der Waals surface area contributed by atoms with E-state index in [1.807, 2.05) is 6.08 Å². The van der Waals surface area contributed by atoms with Crippen LogP contribution >= 0.6 is 32.3 Å². The topological polar surface area (TPSA) is 0 Å². The Kier molecular flexibility index (Phi) is 5.49. The SMILES string of the molecule is C=CC(C)SSS. The van der Waals surface area contributed by atoms with E-state index < -0.39 is 0 Å². The third kappa shape index (κ3) is 4.65. The van der Waals surface area contributed by atoms with Crippen LogP contribution in [0.25, 0.3) is 0 Å². The van der Waals surface area contributed by atoms with Crippen molar-refractivity contribution < 1.29 is 0 Å². The molecule has 0 rings (SSSR count). The van der Waals surface area contributed by atoms with Gasteiger partial charge in [-0.15, -0.1) is 6.58 Å². The lowest BCUT2D eigenvalue weighted by Gasteiger charge is -1.96. The zero-order valence-electron chi connectivity index (χ0n) is 4.13. The van der Waals surface area contributed by atoms with Crippen molar-refractivity contribution >= 4 is 32.3 Å². The number of hydrogen-bond donors (Lipinski definition) is 1. The molecule has 0 aromatic heterocycles. The fraction of sp³-hybridized carbons (Fsp3) is 0.500. The van der Waals surface area contributed by atoms with Crippen molar-refractivity contribution in [3.63, 3.8) is 0 Å². The van der Waals surface area contributed by atoms with Crippen molar-refractivity contribution in [1.29, 1.82) is 0 Å². The molecule has 7 heavy (non-hydrogen) atoms. The second-order valence-electron chi connectivity index (χ2n) is 1.11. The van der Waals surface area contributed by atoms with Gasteiger partial charge in [-0.1, -0.05) is 28.5 Å². The van der Waals surface area contributed by atoms with Gasteiger partial charge in [0.15, 0.2) is 0 Å². The molecule has 0 fully saturated rings. The van der Waals surface area contributed by atoms with Crippen LogP contribution in [-0.2, 0) is 0 Å². The van der Waals surface area contributed by atoms with E-state index in [1.165, 1.54) is 9.83 Å².